The number of aromatic nitrogens is 2. The third-order valence-corrected chi connectivity index (χ3v) is 7.45. The average Bonchev–Trinajstić information content (AvgIpc) is 2.97. The molecule has 0 saturated carbocycles. The molecule has 0 spiro atoms. The number of hydrogen-bond acceptors (Lipinski definition) is 7. The SMILES string of the molecule is COc1cc2c(Oc3ccc(NC(=O)Nc4cccc(Br)c4)c(C)c3)ncnc2cc1OCCCN1CCCCC1.Cl. The smallest absolute Gasteiger partial charge is 0.323 e. The summed E-state index contributed by atoms with van der Waals surface area (Å²) in [5, 5.41) is 6.41. The summed E-state index contributed by atoms with van der Waals surface area (Å²) in [7, 11) is 1.62. The molecule has 42 heavy (non-hydrogen) atoms. The Balaban J connectivity index is 0.00000405. The Kier molecular flexibility index (Phi) is 11.2. The molecular weight excluding hydrogens is 622 g/mol. The third-order valence-electron chi connectivity index (χ3n) is 6.95. The van der Waals surface area contributed by atoms with Crippen molar-refractivity contribution in [1.82, 2.24) is 14.9 Å². The molecule has 0 unspecified atom stereocenters. The van der Waals surface area contributed by atoms with Gasteiger partial charge in [0.15, 0.2) is 11.5 Å². The lowest BCUT2D eigenvalue weighted by Crippen LogP contribution is -2.31. The Morgan fingerprint density at radius 2 is 1.83 bits per heavy atom. The third kappa shape index (κ3) is 8.24. The van der Waals surface area contributed by atoms with E-state index < -0.39 is 0 Å². The Labute approximate surface area is 260 Å². The summed E-state index contributed by atoms with van der Waals surface area (Å²) in [6, 6.07) is 16.2. The topological polar surface area (TPSA) is 97.8 Å². The number of benzene rings is 3. The van der Waals surface area contributed by atoms with Crippen molar-refractivity contribution in [2.75, 3.05) is 44.0 Å². The molecule has 2 N–H and O–H groups in total. The number of nitrogens with one attached hydrogen (secondary N) is 2. The van der Waals surface area contributed by atoms with E-state index in [1.165, 1.54) is 38.7 Å². The average molecular weight is 657 g/mol. The zero-order valence-corrected chi connectivity index (χ0v) is 26.1. The molecule has 2 amide bonds. The molecule has 0 radical (unpaired) electrons. The first-order valence-electron chi connectivity index (χ1n) is 13.8. The minimum atomic E-state index is -0.335. The zero-order valence-electron chi connectivity index (χ0n) is 23.7. The van der Waals surface area contributed by atoms with Crippen LogP contribution in [0.3, 0.4) is 0 Å². The van der Waals surface area contributed by atoms with Gasteiger partial charge < -0.3 is 29.7 Å². The summed E-state index contributed by atoms with van der Waals surface area (Å²) in [5.41, 5.74) is 2.89. The number of nitrogens with zero attached hydrogens (tertiary/aromatic N) is 3. The van der Waals surface area contributed by atoms with Gasteiger partial charge in [0.25, 0.3) is 0 Å². The van der Waals surface area contributed by atoms with E-state index in [1.807, 2.05) is 49.4 Å². The van der Waals surface area contributed by atoms with Crippen LogP contribution in [-0.4, -0.2) is 54.2 Å². The molecular formula is C31H35BrClN5O4. The first-order chi connectivity index (χ1) is 20.0. The fourth-order valence-electron chi connectivity index (χ4n) is 4.85. The first-order valence-corrected chi connectivity index (χ1v) is 14.6. The number of carbonyl (C=O) groups excluding carboxylic acids is 1. The van der Waals surface area contributed by atoms with E-state index in [2.05, 4.69) is 41.4 Å². The van der Waals surface area contributed by atoms with Crippen molar-refractivity contribution in [1.29, 1.82) is 0 Å². The largest absolute Gasteiger partial charge is 0.493 e. The van der Waals surface area contributed by atoms with Gasteiger partial charge in [-0.15, -0.1) is 12.4 Å². The van der Waals surface area contributed by atoms with Crippen LogP contribution in [0.25, 0.3) is 10.9 Å². The van der Waals surface area contributed by atoms with Crippen molar-refractivity contribution in [2.24, 2.45) is 0 Å². The molecule has 1 aromatic heterocycles. The van der Waals surface area contributed by atoms with E-state index >= 15 is 0 Å². The molecule has 11 heteroatoms. The normalized spacial score (nSPS) is 13.2. The van der Waals surface area contributed by atoms with Gasteiger partial charge in [0.2, 0.25) is 5.88 Å². The summed E-state index contributed by atoms with van der Waals surface area (Å²) >= 11 is 3.41. The Bertz CT molecular complexity index is 1520. The van der Waals surface area contributed by atoms with E-state index in [0.29, 0.717) is 52.0 Å². The van der Waals surface area contributed by atoms with Crippen molar-refractivity contribution >= 4 is 56.6 Å². The lowest BCUT2D eigenvalue weighted by atomic mass is 10.1. The highest BCUT2D eigenvalue weighted by molar-refractivity contribution is 9.10. The number of carbonyl (C=O) groups is 1. The second-order valence-corrected chi connectivity index (χ2v) is 10.9. The number of piperidine rings is 1. The molecule has 0 atom stereocenters. The number of methoxy groups -OCH3 is 1. The molecule has 2 heterocycles. The second-order valence-electron chi connectivity index (χ2n) is 9.97. The number of aryl methyl sites for hydroxylation is 1. The van der Waals surface area contributed by atoms with Gasteiger partial charge in [-0.2, -0.15) is 0 Å². The van der Waals surface area contributed by atoms with Crippen LogP contribution in [0.1, 0.15) is 31.2 Å². The summed E-state index contributed by atoms with van der Waals surface area (Å²) in [6.45, 7) is 5.91. The van der Waals surface area contributed by atoms with Gasteiger partial charge in [-0.3, -0.25) is 0 Å². The number of amides is 2. The van der Waals surface area contributed by atoms with E-state index in [0.717, 1.165) is 23.0 Å². The highest BCUT2D eigenvalue weighted by Crippen LogP contribution is 2.36. The first kappa shape index (κ1) is 31.3. The van der Waals surface area contributed by atoms with Crippen molar-refractivity contribution < 1.29 is 19.0 Å². The number of halogens is 2. The maximum absolute atomic E-state index is 12.5. The lowest BCUT2D eigenvalue weighted by molar-refractivity contribution is 0.203. The van der Waals surface area contributed by atoms with Crippen LogP contribution in [0.5, 0.6) is 23.1 Å². The van der Waals surface area contributed by atoms with Crippen molar-refractivity contribution in [2.45, 2.75) is 32.6 Å². The summed E-state index contributed by atoms with van der Waals surface area (Å²) in [5.74, 6) is 2.23. The van der Waals surface area contributed by atoms with E-state index in [4.69, 9.17) is 14.2 Å². The molecule has 222 valence electrons. The standard InChI is InChI=1S/C31H34BrN5O4.ClH/c1-21-16-24(10-11-26(21)36-31(38)35-23-9-6-8-22(32)17-23)41-30-25-18-28(39-2)29(19-27(25)33-20-34-30)40-15-7-14-37-12-4-3-5-13-37;/h6,8-11,16-20H,3-5,7,12-15H2,1-2H3,(H2,35,36,38);1H. The van der Waals surface area contributed by atoms with Gasteiger partial charge in [0, 0.05) is 28.5 Å². The van der Waals surface area contributed by atoms with Crippen molar-refractivity contribution in [3.8, 4) is 23.1 Å². The Morgan fingerprint density at radius 3 is 2.60 bits per heavy atom. The van der Waals surface area contributed by atoms with E-state index in [1.54, 1.807) is 19.2 Å². The van der Waals surface area contributed by atoms with Crippen molar-refractivity contribution in [3.05, 3.63) is 71.0 Å². The molecule has 1 aliphatic heterocycles. The summed E-state index contributed by atoms with van der Waals surface area (Å²) in [4.78, 5) is 23.8. The maximum Gasteiger partial charge on any atom is 0.323 e. The second kappa shape index (κ2) is 15.0. The predicted octanol–water partition coefficient (Wildman–Crippen LogP) is 7.82. The van der Waals surface area contributed by atoms with Crippen LogP contribution in [0.4, 0.5) is 16.2 Å². The van der Waals surface area contributed by atoms with Gasteiger partial charge in [-0.25, -0.2) is 14.8 Å². The molecule has 9 nitrogen and oxygen atoms in total. The van der Waals surface area contributed by atoms with Crippen molar-refractivity contribution in [3.63, 3.8) is 0 Å². The van der Waals surface area contributed by atoms with Gasteiger partial charge in [-0.1, -0.05) is 28.4 Å². The fraction of sp³-hybridized carbons (Fsp3) is 0.323. The molecule has 1 fully saturated rings. The Morgan fingerprint density at radius 1 is 1.00 bits per heavy atom. The van der Waals surface area contributed by atoms with Crippen LogP contribution < -0.4 is 24.8 Å². The van der Waals surface area contributed by atoms with Crippen LogP contribution >= 0.6 is 28.3 Å². The zero-order chi connectivity index (χ0) is 28.6. The monoisotopic (exact) mass is 655 g/mol. The molecule has 1 aliphatic rings. The Hall–Kier alpha value is -3.60. The van der Waals surface area contributed by atoms with Gasteiger partial charge in [0.05, 0.1) is 24.6 Å². The number of likely N-dealkylation sites (tertiary alicyclic amines) is 1. The summed E-state index contributed by atoms with van der Waals surface area (Å²) in [6.07, 6.45) is 6.33. The maximum atomic E-state index is 12.5. The molecule has 3 aromatic carbocycles. The van der Waals surface area contributed by atoms with E-state index in [-0.39, 0.29) is 18.4 Å². The van der Waals surface area contributed by atoms with Gasteiger partial charge >= 0.3 is 6.03 Å². The number of anilines is 2. The van der Waals surface area contributed by atoms with Gasteiger partial charge in [0.1, 0.15) is 12.1 Å². The number of rotatable bonds is 10. The number of fused-ring (bicyclic) bond motifs is 1. The summed E-state index contributed by atoms with van der Waals surface area (Å²) < 4.78 is 18.8. The minimum absolute atomic E-state index is 0. The minimum Gasteiger partial charge on any atom is -0.493 e. The highest BCUT2D eigenvalue weighted by Gasteiger charge is 2.15. The lowest BCUT2D eigenvalue weighted by Gasteiger charge is -2.26. The van der Waals surface area contributed by atoms with E-state index in [9.17, 15) is 4.79 Å². The molecule has 0 bridgehead atoms. The predicted molar refractivity (Wildman–Crippen MR) is 172 cm³/mol. The number of urea groups is 1. The molecule has 5 rings (SSSR count). The highest BCUT2D eigenvalue weighted by atomic mass is 79.9. The number of hydrogen-bond donors (Lipinski definition) is 2. The van der Waals surface area contributed by atoms with Gasteiger partial charge in [-0.05, 0) is 87.3 Å². The molecule has 0 aliphatic carbocycles. The fourth-order valence-corrected chi connectivity index (χ4v) is 5.25. The van der Waals surface area contributed by atoms with Crippen LogP contribution in [0, 0.1) is 6.92 Å². The molecule has 4 aromatic rings. The molecule has 1 saturated heterocycles. The quantitative estimate of drug-likeness (QED) is 0.168. The van der Waals surface area contributed by atoms with Crippen LogP contribution in [0.15, 0.2) is 65.4 Å². The van der Waals surface area contributed by atoms with Crippen LogP contribution in [-0.2, 0) is 0 Å². The van der Waals surface area contributed by atoms with Crippen LogP contribution in [0.2, 0.25) is 0 Å². The number of ether oxygens (including phenoxy) is 3.